The molecule has 124 valence electrons. The molecule has 0 aliphatic heterocycles. The minimum atomic E-state index is -0.469. The Morgan fingerprint density at radius 1 is 0.792 bits per heavy atom. The Balaban J connectivity index is 1.75. The van der Waals surface area contributed by atoms with Crippen LogP contribution in [0.15, 0.2) is 70.9 Å². The maximum absolute atomic E-state index is 11.6. The maximum atomic E-state index is 11.6. The zero-order chi connectivity index (χ0) is 17.2. The quantitative estimate of drug-likeness (QED) is 0.615. The van der Waals surface area contributed by atoms with Gasteiger partial charge in [-0.05, 0) is 11.1 Å². The Morgan fingerprint density at radius 2 is 1.17 bits per heavy atom. The zero-order valence-electron chi connectivity index (χ0n) is 13.9. The average molecular weight is 322 g/mol. The van der Waals surface area contributed by atoms with Crippen molar-refractivity contribution < 1.29 is 4.79 Å². The molecule has 5 nitrogen and oxygen atoms in total. The van der Waals surface area contributed by atoms with Crippen LogP contribution in [0.4, 0.5) is 4.79 Å². The summed E-state index contributed by atoms with van der Waals surface area (Å²) in [6.45, 7) is 4.02. The Morgan fingerprint density at radius 3 is 1.54 bits per heavy atom. The van der Waals surface area contributed by atoms with Gasteiger partial charge >= 0.3 is 6.03 Å². The molecule has 0 fully saturated rings. The molecule has 24 heavy (non-hydrogen) atoms. The molecule has 2 aromatic rings. The van der Waals surface area contributed by atoms with Crippen molar-refractivity contribution in [2.45, 2.75) is 25.7 Å². The molecule has 2 aromatic carbocycles. The Labute approximate surface area is 142 Å². The van der Waals surface area contributed by atoms with E-state index in [1.807, 2.05) is 74.5 Å². The lowest BCUT2D eigenvalue weighted by Crippen LogP contribution is -2.28. The summed E-state index contributed by atoms with van der Waals surface area (Å²) in [5.74, 6) is 0.237. The molecule has 0 aliphatic rings. The Kier molecular flexibility index (Phi) is 6.71. The first-order chi connectivity index (χ1) is 11.7. The van der Waals surface area contributed by atoms with Crippen molar-refractivity contribution in [1.29, 1.82) is 0 Å². The van der Waals surface area contributed by atoms with E-state index in [2.05, 4.69) is 21.1 Å². The van der Waals surface area contributed by atoms with Crippen LogP contribution in [0.1, 0.15) is 36.8 Å². The second-order valence-electron chi connectivity index (χ2n) is 5.51. The van der Waals surface area contributed by atoms with Crippen molar-refractivity contribution in [3.8, 4) is 0 Å². The van der Waals surface area contributed by atoms with Crippen LogP contribution in [0.3, 0.4) is 0 Å². The highest BCUT2D eigenvalue weighted by atomic mass is 16.2. The number of nitrogens with one attached hydrogen (secondary N) is 2. The normalized spacial score (nSPS) is 13.8. The summed E-state index contributed by atoms with van der Waals surface area (Å²) in [7, 11) is 0. The van der Waals surface area contributed by atoms with Crippen molar-refractivity contribution in [2.75, 3.05) is 0 Å². The van der Waals surface area contributed by atoms with Crippen molar-refractivity contribution >= 4 is 18.5 Å². The van der Waals surface area contributed by atoms with Gasteiger partial charge in [0.2, 0.25) is 0 Å². The lowest BCUT2D eigenvalue weighted by Gasteiger charge is -2.06. The molecule has 0 unspecified atom stereocenters. The molecule has 0 aromatic heterocycles. The van der Waals surface area contributed by atoms with E-state index in [0.717, 1.165) is 11.1 Å². The van der Waals surface area contributed by atoms with Gasteiger partial charge in [-0.15, -0.1) is 0 Å². The first kappa shape index (κ1) is 17.4. The third-order valence-electron chi connectivity index (χ3n) is 3.58. The van der Waals surface area contributed by atoms with E-state index in [1.165, 1.54) is 0 Å². The van der Waals surface area contributed by atoms with Crippen molar-refractivity contribution in [3.63, 3.8) is 0 Å². The highest BCUT2D eigenvalue weighted by molar-refractivity contribution is 5.77. The molecule has 0 radical (unpaired) electrons. The first-order valence-corrected chi connectivity index (χ1v) is 7.89. The monoisotopic (exact) mass is 322 g/mol. The number of hydrogen-bond donors (Lipinski definition) is 2. The maximum Gasteiger partial charge on any atom is 0.355 e. The predicted octanol–water partition coefficient (Wildman–Crippen LogP) is 3.86. The van der Waals surface area contributed by atoms with E-state index < -0.39 is 6.03 Å². The van der Waals surface area contributed by atoms with Crippen LogP contribution in [0.25, 0.3) is 0 Å². The highest BCUT2D eigenvalue weighted by Gasteiger charge is 2.02. The lowest BCUT2D eigenvalue weighted by atomic mass is 10.0. The van der Waals surface area contributed by atoms with Gasteiger partial charge in [0.15, 0.2) is 0 Å². The molecular weight excluding hydrogens is 300 g/mol. The molecule has 0 aliphatic carbocycles. The zero-order valence-corrected chi connectivity index (χ0v) is 13.9. The summed E-state index contributed by atoms with van der Waals surface area (Å²) < 4.78 is 0. The van der Waals surface area contributed by atoms with Crippen LogP contribution >= 0.6 is 0 Å². The molecule has 2 atom stereocenters. The fourth-order valence-electron chi connectivity index (χ4n) is 2.13. The fourth-order valence-corrected chi connectivity index (χ4v) is 2.13. The van der Waals surface area contributed by atoms with E-state index in [4.69, 9.17) is 0 Å². The smallest absolute Gasteiger partial charge is 0.245 e. The summed E-state index contributed by atoms with van der Waals surface area (Å²) in [5.41, 5.74) is 7.08. The fraction of sp³-hybridized carbons (Fsp3) is 0.211. The number of urea groups is 1. The van der Waals surface area contributed by atoms with Crippen LogP contribution in [0, 0.1) is 0 Å². The van der Waals surface area contributed by atoms with Gasteiger partial charge in [-0.1, -0.05) is 74.5 Å². The number of benzene rings is 2. The number of amides is 2. The van der Waals surface area contributed by atoms with E-state index in [9.17, 15) is 4.79 Å². The molecule has 0 spiro atoms. The topological polar surface area (TPSA) is 65.8 Å². The second-order valence-corrected chi connectivity index (χ2v) is 5.51. The van der Waals surface area contributed by atoms with Gasteiger partial charge in [-0.3, -0.25) is 0 Å². The average Bonchev–Trinajstić information content (AvgIpc) is 2.63. The molecule has 2 amide bonds. The van der Waals surface area contributed by atoms with E-state index in [0.29, 0.717) is 0 Å². The molecule has 2 N–H and O–H groups in total. The molecule has 2 rings (SSSR count). The van der Waals surface area contributed by atoms with E-state index >= 15 is 0 Å². The Bertz CT molecular complexity index is 624. The van der Waals surface area contributed by atoms with Crippen LogP contribution < -0.4 is 10.9 Å². The third kappa shape index (κ3) is 5.68. The van der Waals surface area contributed by atoms with Crippen LogP contribution in [-0.4, -0.2) is 18.5 Å². The van der Waals surface area contributed by atoms with Crippen LogP contribution in [0.5, 0.6) is 0 Å². The molecule has 0 heterocycles. The summed E-state index contributed by atoms with van der Waals surface area (Å²) >= 11 is 0. The number of hydrazone groups is 2. The third-order valence-corrected chi connectivity index (χ3v) is 3.58. The molecule has 0 saturated heterocycles. The minimum Gasteiger partial charge on any atom is -0.245 e. The van der Waals surface area contributed by atoms with E-state index in [1.54, 1.807) is 12.4 Å². The number of nitrogens with zero attached hydrogens (tertiary/aromatic N) is 2. The van der Waals surface area contributed by atoms with Crippen molar-refractivity contribution in [2.24, 2.45) is 10.2 Å². The Hall–Kier alpha value is -2.95. The summed E-state index contributed by atoms with van der Waals surface area (Å²) in [6, 6.07) is 19.4. The number of carbonyl (C=O) groups is 1. The van der Waals surface area contributed by atoms with Gasteiger partial charge in [0.25, 0.3) is 0 Å². The summed E-state index contributed by atoms with van der Waals surface area (Å²) in [5, 5.41) is 7.89. The van der Waals surface area contributed by atoms with Gasteiger partial charge < -0.3 is 0 Å². The highest BCUT2D eigenvalue weighted by Crippen LogP contribution is 2.12. The van der Waals surface area contributed by atoms with Gasteiger partial charge in [0.05, 0.1) is 0 Å². The van der Waals surface area contributed by atoms with Gasteiger partial charge in [-0.2, -0.15) is 10.2 Å². The largest absolute Gasteiger partial charge is 0.355 e. The number of rotatable bonds is 6. The van der Waals surface area contributed by atoms with Crippen LogP contribution in [0.2, 0.25) is 0 Å². The molecular formula is C19H22N4O. The standard InChI is InChI=1S/C19H22N4O/c1-15(17-9-5-3-6-10-17)13-20-22-19(24)23-21-14-16(2)18-11-7-4-8-12-18/h3-16H,1-2H3,(H2,22,23,24)/b20-13-,21-14+/t15-,16-/m1/s1. The summed E-state index contributed by atoms with van der Waals surface area (Å²) in [6.07, 6.45) is 3.37. The molecule has 0 saturated carbocycles. The number of hydrogen-bond acceptors (Lipinski definition) is 3. The second kappa shape index (κ2) is 9.25. The summed E-state index contributed by atoms with van der Waals surface area (Å²) in [4.78, 5) is 11.6. The van der Waals surface area contributed by atoms with Gasteiger partial charge in [0.1, 0.15) is 0 Å². The minimum absolute atomic E-state index is 0.119. The van der Waals surface area contributed by atoms with Crippen molar-refractivity contribution in [3.05, 3.63) is 71.8 Å². The first-order valence-electron chi connectivity index (χ1n) is 7.89. The predicted molar refractivity (Wildman–Crippen MR) is 98.4 cm³/mol. The van der Waals surface area contributed by atoms with E-state index in [-0.39, 0.29) is 11.8 Å². The lowest BCUT2D eigenvalue weighted by molar-refractivity contribution is 0.242. The van der Waals surface area contributed by atoms with Crippen molar-refractivity contribution in [1.82, 2.24) is 10.9 Å². The van der Waals surface area contributed by atoms with Gasteiger partial charge in [0, 0.05) is 24.3 Å². The molecule has 5 heteroatoms. The van der Waals surface area contributed by atoms with Gasteiger partial charge in [-0.25, -0.2) is 15.6 Å². The van der Waals surface area contributed by atoms with Crippen LogP contribution in [-0.2, 0) is 0 Å². The molecule has 0 bridgehead atoms. The SMILES string of the molecule is C[C@H](/C=N\NC(=O)N/N=C/[C@@H](C)c1ccccc1)c1ccccc1. The number of carbonyl (C=O) groups excluding carboxylic acids is 1.